The van der Waals surface area contributed by atoms with Crippen molar-refractivity contribution in [2.45, 2.75) is 19.4 Å². The van der Waals surface area contributed by atoms with Crippen molar-refractivity contribution in [3.63, 3.8) is 0 Å². The minimum Gasteiger partial charge on any atom is -0.372 e. The van der Waals surface area contributed by atoms with E-state index in [-0.39, 0.29) is 5.60 Å². The molecule has 0 N–H and O–H groups in total. The number of benzene rings is 1. The highest BCUT2D eigenvalue weighted by atomic mass is 35.5. The molecule has 0 amide bonds. The number of morpholine rings is 1. The van der Waals surface area contributed by atoms with Crippen LogP contribution < -0.4 is 4.90 Å². The fourth-order valence-electron chi connectivity index (χ4n) is 2.17. The highest BCUT2D eigenvalue weighted by molar-refractivity contribution is 6.33. The fourth-order valence-corrected chi connectivity index (χ4v) is 2.47. The molecular formula is C13H16ClNO2. The minimum absolute atomic E-state index is 0.211. The van der Waals surface area contributed by atoms with Crippen molar-refractivity contribution in [2.24, 2.45) is 0 Å². The zero-order chi connectivity index (χ0) is 12.5. The number of anilines is 1. The molecule has 3 nitrogen and oxygen atoms in total. The van der Waals surface area contributed by atoms with Crippen molar-refractivity contribution in [1.29, 1.82) is 0 Å². The largest absolute Gasteiger partial charge is 0.372 e. The molecule has 17 heavy (non-hydrogen) atoms. The Hall–Kier alpha value is -1.06. The van der Waals surface area contributed by atoms with Gasteiger partial charge in [-0.25, -0.2) is 0 Å². The van der Waals surface area contributed by atoms with Gasteiger partial charge in [0.05, 0.1) is 22.9 Å². The van der Waals surface area contributed by atoms with Crippen LogP contribution >= 0.6 is 11.6 Å². The summed E-state index contributed by atoms with van der Waals surface area (Å²) in [5, 5.41) is 0.618. The second-order valence-corrected chi connectivity index (χ2v) is 5.23. The first-order chi connectivity index (χ1) is 8.03. The average Bonchev–Trinajstić information content (AvgIpc) is 2.27. The number of hydrogen-bond acceptors (Lipinski definition) is 3. The molecule has 0 radical (unpaired) electrons. The van der Waals surface area contributed by atoms with Crippen LogP contribution in [0.5, 0.6) is 0 Å². The molecule has 1 aliphatic heterocycles. The Morgan fingerprint density at radius 2 is 2.24 bits per heavy atom. The lowest BCUT2D eigenvalue weighted by Crippen LogP contribution is -2.48. The van der Waals surface area contributed by atoms with Crippen LogP contribution in [-0.2, 0) is 4.74 Å². The maximum atomic E-state index is 11.1. The van der Waals surface area contributed by atoms with Gasteiger partial charge in [0.25, 0.3) is 0 Å². The lowest BCUT2D eigenvalue weighted by Gasteiger charge is -2.40. The van der Waals surface area contributed by atoms with E-state index in [2.05, 4.69) is 4.90 Å². The molecule has 1 aromatic carbocycles. The summed E-state index contributed by atoms with van der Waals surface area (Å²) < 4.78 is 5.66. The Morgan fingerprint density at radius 3 is 2.88 bits per heavy atom. The SMILES string of the molecule is CC1(C)CN(c2c(Cl)cccc2C=O)CCO1. The molecule has 1 aliphatic rings. The molecule has 1 aromatic rings. The van der Waals surface area contributed by atoms with Gasteiger partial charge in [0.1, 0.15) is 0 Å². The number of ether oxygens (including phenoxy) is 1. The zero-order valence-electron chi connectivity index (χ0n) is 10.1. The third-order valence-corrected chi connectivity index (χ3v) is 3.19. The summed E-state index contributed by atoms with van der Waals surface area (Å²) in [5.74, 6) is 0. The zero-order valence-corrected chi connectivity index (χ0v) is 10.8. The number of aldehydes is 1. The van der Waals surface area contributed by atoms with Gasteiger partial charge in [0.15, 0.2) is 6.29 Å². The highest BCUT2D eigenvalue weighted by Crippen LogP contribution is 2.32. The summed E-state index contributed by atoms with van der Waals surface area (Å²) in [6.07, 6.45) is 0.851. The van der Waals surface area contributed by atoms with Crippen LogP contribution in [-0.4, -0.2) is 31.6 Å². The number of hydrogen-bond donors (Lipinski definition) is 0. The summed E-state index contributed by atoms with van der Waals surface area (Å²) >= 11 is 6.19. The van der Waals surface area contributed by atoms with E-state index in [9.17, 15) is 4.79 Å². The van der Waals surface area contributed by atoms with Gasteiger partial charge in [0.2, 0.25) is 0 Å². The molecule has 4 heteroatoms. The van der Waals surface area contributed by atoms with E-state index in [0.29, 0.717) is 17.2 Å². The molecular weight excluding hydrogens is 238 g/mol. The lowest BCUT2D eigenvalue weighted by atomic mass is 10.1. The second-order valence-electron chi connectivity index (χ2n) is 4.83. The van der Waals surface area contributed by atoms with Crippen molar-refractivity contribution in [3.8, 4) is 0 Å². The quantitative estimate of drug-likeness (QED) is 0.759. The molecule has 0 atom stereocenters. The van der Waals surface area contributed by atoms with E-state index >= 15 is 0 Å². The van der Waals surface area contributed by atoms with E-state index < -0.39 is 0 Å². The lowest BCUT2D eigenvalue weighted by molar-refractivity contribution is -0.0277. The van der Waals surface area contributed by atoms with E-state index in [1.54, 1.807) is 12.1 Å². The van der Waals surface area contributed by atoms with E-state index in [4.69, 9.17) is 16.3 Å². The first-order valence-corrected chi connectivity index (χ1v) is 6.04. The number of halogens is 1. The van der Waals surface area contributed by atoms with Crippen LogP contribution in [0.25, 0.3) is 0 Å². The van der Waals surface area contributed by atoms with Gasteiger partial charge in [0, 0.05) is 18.7 Å². The number of para-hydroxylation sites is 1. The van der Waals surface area contributed by atoms with Crippen LogP contribution in [0, 0.1) is 0 Å². The smallest absolute Gasteiger partial charge is 0.152 e. The summed E-state index contributed by atoms with van der Waals surface area (Å²) in [6, 6.07) is 5.39. The summed E-state index contributed by atoms with van der Waals surface area (Å²) in [6.45, 7) is 6.22. The summed E-state index contributed by atoms with van der Waals surface area (Å²) in [7, 11) is 0. The van der Waals surface area contributed by atoms with Crippen LogP contribution in [0.1, 0.15) is 24.2 Å². The topological polar surface area (TPSA) is 29.5 Å². The predicted molar refractivity (Wildman–Crippen MR) is 69.1 cm³/mol. The van der Waals surface area contributed by atoms with Crippen LogP contribution in [0.2, 0.25) is 5.02 Å². The summed E-state index contributed by atoms with van der Waals surface area (Å²) in [5.41, 5.74) is 1.24. The Labute approximate surface area is 106 Å². The van der Waals surface area contributed by atoms with E-state index in [0.717, 1.165) is 25.1 Å². The van der Waals surface area contributed by atoms with Gasteiger partial charge in [-0.2, -0.15) is 0 Å². The predicted octanol–water partition coefficient (Wildman–Crippen LogP) is 2.77. The van der Waals surface area contributed by atoms with Crippen LogP contribution in [0.4, 0.5) is 5.69 Å². The number of nitrogens with zero attached hydrogens (tertiary/aromatic N) is 1. The normalized spacial score (nSPS) is 19.1. The average molecular weight is 254 g/mol. The van der Waals surface area contributed by atoms with Crippen molar-refractivity contribution >= 4 is 23.6 Å². The van der Waals surface area contributed by atoms with Crippen LogP contribution in [0.3, 0.4) is 0 Å². The summed E-state index contributed by atoms with van der Waals surface area (Å²) in [4.78, 5) is 13.2. The monoisotopic (exact) mass is 253 g/mol. The van der Waals surface area contributed by atoms with Gasteiger partial charge in [-0.05, 0) is 26.0 Å². The van der Waals surface area contributed by atoms with Crippen LogP contribution in [0.15, 0.2) is 18.2 Å². The number of carbonyl (C=O) groups excluding carboxylic acids is 1. The van der Waals surface area contributed by atoms with Gasteiger partial charge in [-0.15, -0.1) is 0 Å². The highest BCUT2D eigenvalue weighted by Gasteiger charge is 2.29. The molecule has 0 aromatic heterocycles. The van der Waals surface area contributed by atoms with Gasteiger partial charge < -0.3 is 9.64 Å². The molecule has 0 bridgehead atoms. The minimum atomic E-state index is -0.211. The first-order valence-electron chi connectivity index (χ1n) is 5.66. The van der Waals surface area contributed by atoms with E-state index in [1.165, 1.54) is 0 Å². The van der Waals surface area contributed by atoms with Crippen molar-refractivity contribution in [2.75, 3.05) is 24.6 Å². The molecule has 1 heterocycles. The maximum absolute atomic E-state index is 11.1. The fraction of sp³-hybridized carbons (Fsp3) is 0.462. The van der Waals surface area contributed by atoms with Gasteiger partial charge >= 0.3 is 0 Å². The Balaban J connectivity index is 2.36. The van der Waals surface area contributed by atoms with Crippen molar-refractivity contribution in [3.05, 3.63) is 28.8 Å². The standard InChI is InChI=1S/C13H16ClNO2/c1-13(2)9-15(6-7-17-13)12-10(8-16)4-3-5-11(12)14/h3-5,8H,6-7,9H2,1-2H3. The molecule has 0 unspecified atom stereocenters. The molecule has 0 saturated carbocycles. The molecule has 92 valence electrons. The molecule has 0 spiro atoms. The first kappa shape index (κ1) is 12.4. The molecule has 0 aliphatic carbocycles. The van der Waals surface area contributed by atoms with E-state index in [1.807, 2.05) is 19.9 Å². The molecule has 1 fully saturated rings. The molecule has 1 saturated heterocycles. The van der Waals surface area contributed by atoms with Gasteiger partial charge in [-0.3, -0.25) is 4.79 Å². The molecule has 2 rings (SSSR count). The third-order valence-electron chi connectivity index (χ3n) is 2.89. The Morgan fingerprint density at radius 1 is 1.47 bits per heavy atom. The maximum Gasteiger partial charge on any atom is 0.152 e. The Bertz CT molecular complexity index is 431. The van der Waals surface area contributed by atoms with Crippen molar-refractivity contribution in [1.82, 2.24) is 0 Å². The third kappa shape index (κ3) is 2.61. The van der Waals surface area contributed by atoms with Crippen molar-refractivity contribution < 1.29 is 9.53 Å². The van der Waals surface area contributed by atoms with Gasteiger partial charge in [-0.1, -0.05) is 17.7 Å². The second kappa shape index (κ2) is 4.67. The number of rotatable bonds is 2. The number of carbonyl (C=O) groups is 1. The Kier molecular flexibility index (Phi) is 3.40.